The van der Waals surface area contributed by atoms with Gasteiger partial charge in [0, 0.05) is 12.1 Å². The number of hydrogen-bond donors (Lipinski definition) is 0. The first-order chi connectivity index (χ1) is 12.3. The highest BCUT2D eigenvalue weighted by Gasteiger charge is 2.14. The van der Waals surface area contributed by atoms with Gasteiger partial charge >= 0.3 is 11.4 Å². The molecule has 26 heavy (non-hydrogen) atoms. The molecule has 2 aromatic carbocycles. The monoisotopic (exact) mass is 359 g/mol. The summed E-state index contributed by atoms with van der Waals surface area (Å²) in [6.45, 7) is 1.85. The third-order valence-electron chi connectivity index (χ3n) is 3.26. The standard InChI is InChI=1S/C9H8N2O3.C8H9NO3/c1-14-9-6-7(4-5-10)2-3-8(9)11(12)13;1-6-3-4-7(9(10)11)8(5-6)12-2/h2-3,6H,4H2,1H3;3-5H,1-2H3. The van der Waals surface area contributed by atoms with E-state index in [0.29, 0.717) is 11.3 Å². The molecule has 0 amide bonds. The summed E-state index contributed by atoms with van der Waals surface area (Å²) >= 11 is 0. The van der Waals surface area contributed by atoms with E-state index in [9.17, 15) is 20.2 Å². The molecule has 0 heterocycles. The number of rotatable bonds is 5. The maximum Gasteiger partial charge on any atom is 0.310 e. The van der Waals surface area contributed by atoms with Crippen molar-refractivity contribution in [3.05, 3.63) is 67.8 Å². The van der Waals surface area contributed by atoms with Gasteiger partial charge in [0.1, 0.15) is 0 Å². The molecular formula is C17H17N3O6. The number of benzene rings is 2. The van der Waals surface area contributed by atoms with Crippen LogP contribution in [0.3, 0.4) is 0 Å². The van der Waals surface area contributed by atoms with Crippen molar-refractivity contribution in [1.29, 1.82) is 5.26 Å². The lowest BCUT2D eigenvalue weighted by atomic mass is 10.1. The van der Waals surface area contributed by atoms with Gasteiger partial charge in [-0.15, -0.1) is 0 Å². The molecular weight excluding hydrogens is 342 g/mol. The third kappa shape index (κ3) is 5.45. The third-order valence-corrected chi connectivity index (χ3v) is 3.26. The molecule has 0 spiro atoms. The van der Waals surface area contributed by atoms with Crippen LogP contribution in [0.15, 0.2) is 36.4 Å². The zero-order valence-corrected chi connectivity index (χ0v) is 14.5. The van der Waals surface area contributed by atoms with Gasteiger partial charge in [0.05, 0.1) is 36.6 Å². The van der Waals surface area contributed by atoms with E-state index in [0.717, 1.165) is 5.56 Å². The molecule has 2 rings (SSSR count). The number of hydrogen-bond acceptors (Lipinski definition) is 7. The van der Waals surface area contributed by atoms with Gasteiger partial charge in [-0.2, -0.15) is 5.26 Å². The normalized spacial score (nSPS) is 9.31. The van der Waals surface area contributed by atoms with Crippen molar-refractivity contribution < 1.29 is 19.3 Å². The van der Waals surface area contributed by atoms with Crippen LogP contribution in [0.4, 0.5) is 11.4 Å². The van der Waals surface area contributed by atoms with E-state index < -0.39 is 9.85 Å². The summed E-state index contributed by atoms with van der Waals surface area (Å²) in [5.74, 6) is 0.489. The van der Waals surface area contributed by atoms with Gasteiger partial charge in [-0.1, -0.05) is 12.1 Å². The van der Waals surface area contributed by atoms with Crippen molar-refractivity contribution in [1.82, 2.24) is 0 Å². The first-order valence-corrected chi connectivity index (χ1v) is 7.31. The van der Waals surface area contributed by atoms with E-state index in [-0.39, 0.29) is 23.5 Å². The van der Waals surface area contributed by atoms with Gasteiger partial charge in [-0.25, -0.2) is 0 Å². The van der Waals surface area contributed by atoms with Gasteiger partial charge in [-0.3, -0.25) is 20.2 Å². The Bertz CT molecular complexity index is 845. The van der Waals surface area contributed by atoms with Crippen LogP contribution in [-0.4, -0.2) is 24.1 Å². The molecule has 0 bridgehead atoms. The number of aryl methyl sites for hydroxylation is 1. The fourth-order valence-corrected chi connectivity index (χ4v) is 2.01. The predicted molar refractivity (Wildman–Crippen MR) is 93.4 cm³/mol. The quantitative estimate of drug-likeness (QED) is 0.589. The van der Waals surface area contributed by atoms with E-state index in [4.69, 9.17) is 14.7 Å². The van der Waals surface area contributed by atoms with Crippen LogP contribution in [0.25, 0.3) is 0 Å². The van der Waals surface area contributed by atoms with Crippen LogP contribution < -0.4 is 9.47 Å². The Balaban J connectivity index is 0.000000263. The summed E-state index contributed by atoms with van der Waals surface area (Å²) in [6.07, 6.45) is 0.217. The highest BCUT2D eigenvalue weighted by Crippen LogP contribution is 2.28. The molecule has 0 unspecified atom stereocenters. The van der Waals surface area contributed by atoms with Crippen molar-refractivity contribution in [2.75, 3.05) is 14.2 Å². The highest BCUT2D eigenvalue weighted by atomic mass is 16.6. The summed E-state index contributed by atoms with van der Waals surface area (Å²) in [5, 5.41) is 29.4. The number of nitro groups is 2. The summed E-state index contributed by atoms with van der Waals surface area (Å²) in [6, 6.07) is 11.1. The lowest BCUT2D eigenvalue weighted by molar-refractivity contribution is -0.385. The van der Waals surface area contributed by atoms with Gasteiger partial charge in [0.15, 0.2) is 11.5 Å². The van der Waals surface area contributed by atoms with E-state index >= 15 is 0 Å². The van der Waals surface area contributed by atoms with Crippen LogP contribution in [0.2, 0.25) is 0 Å². The van der Waals surface area contributed by atoms with Crippen molar-refractivity contribution in [3.63, 3.8) is 0 Å². The number of ether oxygens (including phenoxy) is 2. The minimum Gasteiger partial charge on any atom is -0.490 e. The Morgan fingerprint density at radius 2 is 1.46 bits per heavy atom. The van der Waals surface area contributed by atoms with Gasteiger partial charge < -0.3 is 9.47 Å². The minimum absolute atomic E-state index is 0.00287. The van der Waals surface area contributed by atoms with Crippen LogP contribution in [-0.2, 0) is 6.42 Å². The average molecular weight is 359 g/mol. The first-order valence-electron chi connectivity index (χ1n) is 7.31. The molecule has 136 valence electrons. The van der Waals surface area contributed by atoms with E-state index in [1.165, 1.54) is 32.4 Å². The molecule has 9 nitrogen and oxygen atoms in total. The number of nitrogens with zero attached hydrogens (tertiary/aromatic N) is 3. The van der Waals surface area contributed by atoms with Gasteiger partial charge in [0.2, 0.25) is 0 Å². The zero-order valence-electron chi connectivity index (χ0n) is 14.5. The molecule has 0 saturated heterocycles. The molecule has 0 fully saturated rings. The predicted octanol–water partition coefficient (Wildman–Crippen LogP) is 3.58. The van der Waals surface area contributed by atoms with Crippen molar-refractivity contribution in [3.8, 4) is 17.6 Å². The minimum atomic E-state index is -0.519. The van der Waals surface area contributed by atoms with Crippen LogP contribution in [0.1, 0.15) is 11.1 Å². The molecule has 0 aromatic heterocycles. The molecule has 0 N–H and O–H groups in total. The maximum absolute atomic E-state index is 10.5. The SMILES string of the molecule is COc1cc(C)ccc1[N+](=O)[O-].COc1cc(CC#N)ccc1[N+](=O)[O-]. The van der Waals surface area contributed by atoms with Gasteiger partial charge in [-0.05, 0) is 30.2 Å². The van der Waals surface area contributed by atoms with Crippen LogP contribution >= 0.6 is 0 Å². The van der Waals surface area contributed by atoms with Crippen LogP contribution in [0.5, 0.6) is 11.5 Å². The van der Waals surface area contributed by atoms with Crippen LogP contribution in [0, 0.1) is 38.5 Å². The molecule has 0 aliphatic heterocycles. The molecule has 0 radical (unpaired) electrons. The Kier molecular flexibility index (Phi) is 7.51. The molecule has 0 atom stereocenters. The Morgan fingerprint density at radius 1 is 0.962 bits per heavy atom. The van der Waals surface area contributed by atoms with Crippen molar-refractivity contribution in [2.45, 2.75) is 13.3 Å². The van der Waals surface area contributed by atoms with E-state index in [2.05, 4.69) is 0 Å². The molecule has 0 aliphatic carbocycles. The average Bonchev–Trinajstić information content (AvgIpc) is 2.61. The summed E-state index contributed by atoms with van der Waals surface area (Å²) in [4.78, 5) is 19.9. The maximum atomic E-state index is 10.5. The fourth-order valence-electron chi connectivity index (χ4n) is 2.01. The largest absolute Gasteiger partial charge is 0.490 e. The Morgan fingerprint density at radius 3 is 1.92 bits per heavy atom. The molecule has 0 aliphatic rings. The van der Waals surface area contributed by atoms with Crippen molar-refractivity contribution >= 4 is 11.4 Å². The molecule has 0 saturated carbocycles. The second kappa shape index (κ2) is 9.58. The smallest absolute Gasteiger partial charge is 0.310 e. The van der Waals surface area contributed by atoms with E-state index in [1.807, 2.05) is 13.0 Å². The molecule has 9 heteroatoms. The first kappa shape index (κ1) is 20.4. The van der Waals surface area contributed by atoms with Gasteiger partial charge in [0.25, 0.3) is 0 Å². The lowest BCUT2D eigenvalue weighted by Gasteiger charge is -2.02. The summed E-state index contributed by atoms with van der Waals surface area (Å²) < 4.78 is 9.69. The van der Waals surface area contributed by atoms with E-state index in [1.54, 1.807) is 18.2 Å². The second-order valence-corrected chi connectivity index (χ2v) is 5.03. The zero-order chi connectivity index (χ0) is 19.7. The lowest BCUT2D eigenvalue weighted by Crippen LogP contribution is -1.94. The fraction of sp³-hybridized carbons (Fsp3) is 0.235. The summed E-state index contributed by atoms with van der Waals surface area (Å²) in [7, 11) is 2.78. The molecule has 2 aromatic rings. The Labute approximate surface area is 149 Å². The number of nitriles is 1. The number of methoxy groups -OCH3 is 2. The highest BCUT2D eigenvalue weighted by molar-refractivity contribution is 5.49. The number of nitro benzene ring substituents is 2. The topological polar surface area (TPSA) is 129 Å². The second-order valence-electron chi connectivity index (χ2n) is 5.03. The van der Waals surface area contributed by atoms with Crippen molar-refractivity contribution in [2.24, 2.45) is 0 Å². The Hall–Kier alpha value is -3.67. The summed E-state index contributed by atoms with van der Waals surface area (Å²) in [5.41, 5.74) is 1.56.